The van der Waals surface area contributed by atoms with E-state index in [9.17, 15) is 5.11 Å². The number of phenolic OH excluding ortho intramolecular Hbond substituents is 1. The highest BCUT2D eigenvalue weighted by Gasteiger charge is 2.02. The summed E-state index contributed by atoms with van der Waals surface area (Å²) in [4.78, 5) is 0. The number of benzene rings is 2. The molecule has 0 spiro atoms. The molecule has 2 aromatic carbocycles. The van der Waals surface area contributed by atoms with Crippen LogP contribution in [0.25, 0.3) is 16.8 Å². The highest BCUT2D eigenvalue weighted by molar-refractivity contribution is 5.91. The van der Waals surface area contributed by atoms with Crippen molar-refractivity contribution in [3.63, 3.8) is 0 Å². The maximum Gasteiger partial charge on any atom is 0.130 e. The van der Waals surface area contributed by atoms with Crippen molar-refractivity contribution in [3.8, 4) is 5.75 Å². The minimum atomic E-state index is 0.317. The number of phenols is 1. The van der Waals surface area contributed by atoms with E-state index in [4.69, 9.17) is 5.73 Å². The molecule has 2 heteroatoms. The molecule has 3 N–H and O–H groups in total. The molecule has 2 rings (SSSR count). The average molecular weight is 199 g/mol. The molecule has 0 aliphatic heterocycles. The van der Waals surface area contributed by atoms with Crippen LogP contribution in [0.3, 0.4) is 0 Å². The molecule has 0 atom stereocenters. The van der Waals surface area contributed by atoms with Crippen molar-refractivity contribution in [1.82, 2.24) is 0 Å². The predicted molar refractivity (Wildman–Crippen MR) is 63.7 cm³/mol. The fourth-order valence-electron chi connectivity index (χ4n) is 1.60. The molecule has 15 heavy (non-hydrogen) atoms. The molecule has 0 amide bonds. The van der Waals surface area contributed by atoms with E-state index in [0.29, 0.717) is 12.3 Å². The molecule has 0 unspecified atom stereocenters. The van der Waals surface area contributed by atoms with E-state index in [2.05, 4.69) is 0 Å². The van der Waals surface area contributed by atoms with Gasteiger partial charge in [0.2, 0.25) is 0 Å². The zero-order chi connectivity index (χ0) is 10.7. The Morgan fingerprint density at radius 2 is 1.93 bits per heavy atom. The first-order chi connectivity index (χ1) is 7.33. The smallest absolute Gasteiger partial charge is 0.130 e. The summed E-state index contributed by atoms with van der Waals surface area (Å²) in [6, 6.07) is 11.6. The summed E-state index contributed by atoms with van der Waals surface area (Å²) in [7, 11) is 0. The number of hydrogen-bond acceptors (Lipinski definition) is 2. The molecule has 0 aliphatic carbocycles. The van der Waals surface area contributed by atoms with Crippen molar-refractivity contribution in [2.75, 3.05) is 6.54 Å². The molecule has 0 aliphatic rings. The summed E-state index contributed by atoms with van der Waals surface area (Å²) in [6.07, 6.45) is 3.66. The number of rotatable bonds is 2. The largest absolute Gasteiger partial charge is 0.507 e. The molecule has 0 aromatic heterocycles. The summed E-state index contributed by atoms with van der Waals surface area (Å²) in [6.45, 7) is 0.478. The first kappa shape index (κ1) is 9.74. The molecule has 0 saturated carbocycles. The van der Waals surface area contributed by atoms with E-state index in [0.717, 1.165) is 16.3 Å². The molecule has 0 bridgehead atoms. The van der Waals surface area contributed by atoms with Gasteiger partial charge in [-0.25, -0.2) is 0 Å². The zero-order valence-corrected chi connectivity index (χ0v) is 8.35. The lowest BCUT2D eigenvalue weighted by Crippen LogP contribution is -1.92. The second-order valence-electron chi connectivity index (χ2n) is 3.36. The van der Waals surface area contributed by atoms with Crippen LogP contribution in [-0.4, -0.2) is 11.7 Å². The van der Waals surface area contributed by atoms with E-state index in [-0.39, 0.29) is 0 Å². The van der Waals surface area contributed by atoms with Crippen LogP contribution in [0.2, 0.25) is 0 Å². The summed E-state index contributed by atoms with van der Waals surface area (Å²) >= 11 is 0. The van der Waals surface area contributed by atoms with Gasteiger partial charge in [0.15, 0.2) is 0 Å². The highest BCUT2D eigenvalue weighted by atomic mass is 16.3. The maximum absolute atomic E-state index is 9.98. The second kappa shape index (κ2) is 4.15. The molecule has 76 valence electrons. The number of nitrogens with two attached hydrogens (primary N) is 1. The lowest BCUT2D eigenvalue weighted by atomic mass is 10.1. The van der Waals surface area contributed by atoms with Gasteiger partial charge in [-0.05, 0) is 5.39 Å². The standard InChI is InChI=1S/C13H13NO/c14-9-3-5-11-8-7-10-4-1-2-6-12(10)13(11)15/h1-8,15H,9,14H2. The topological polar surface area (TPSA) is 46.2 Å². The Morgan fingerprint density at radius 3 is 2.73 bits per heavy atom. The van der Waals surface area contributed by atoms with Crippen LogP contribution in [0.15, 0.2) is 42.5 Å². The monoisotopic (exact) mass is 199 g/mol. The summed E-state index contributed by atoms with van der Waals surface area (Å²) in [5.41, 5.74) is 6.18. The van der Waals surface area contributed by atoms with Gasteiger partial charge >= 0.3 is 0 Å². The van der Waals surface area contributed by atoms with Gasteiger partial charge in [0.05, 0.1) is 0 Å². The van der Waals surface area contributed by atoms with Crippen LogP contribution in [0, 0.1) is 0 Å². The fourth-order valence-corrected chi connectivity index (χ4v) is 1.60. The van der Waals surface area contributed by atoms with Gasteiger partial charge in [0, 0.05) is 17.5 Å². The quantitative estimate of drug-likeness (QED) is 0.780. The van der Waals surface area contributed by atoms with Gasteiger partial charge in [0.1, 0.15) is 5.75 Å². The molecule has 0 fully saturated rings. The Balaban J connectivity index is 2.60. The maximum atomic E-state index is 9.98. The van der Waals surface area contributed by atoms with Crippen LogP contribution in [-0.2, 0) is 0 Å². The Kier molecular flexibility index (Phi) is 2.70. The molecule has 2 aromatic rings. The average Bonchev–Trinajstić information content (AvgIpc) is 2.29. The van der Waals surface area contributed by atoms with E-state index < -0.39 is 0 Å². The van der Waals surface area contributed by atoms with Gasteiger partial charge < -0.3 is 10.8 Å². The fraction of sp³-hybridized carbons (Fsp3) is 0.0769. The van der Waals surface area contributed by atoms with Crippen molar-refractivity contribution in [3.05, 3.63) is 48.0 Å². The van der Waals surface area contributed by atoms with Crippen molar-refractivity contribution in [2.24, 2.45) is 5.73 Å². The Hall–Kier alpha value is -1.80. The van der Waals surface area contributed by atoms with Crippen LogP contribution < -0.4 is 5.73 Å². The summed E-state index contributed by atoms with van der Waals surface area (Å²) in [5, 5.41) is 11.9. The lowest BCUT2D eigenvalue weighted by molar-refractivity contribution is 0.480. The third-order valence-corrected chi connectivity index (χ3v) is 2.37. The lowest BCUT2D eigenvalue weighted by Gasteiger charge is -2.03. The molecular formula is C13H13NO. The van der Waals surface area contributed by atoms with E-state index in [1.54, 1.807) is 0 Å². The van der Waals surface area contributed by atoms with Crippen LogP contribution in [0.4, 0.5) is 0 Å². The minimum Gasteiger partial charge on any atom is -0.507 e. The van der Waals surface area contributed by atoms with Gasteiger partial charge in [-0.3, -0.25) is 0 Å². The summed E-state index contributed by atoms with van der Waals surface area (Å²) in [5.74, 6) is 0.317. The third kappa shape index (κ3) is 1.85. The predicted octanol–water partition coefficient (Wildman–Crippen LogP) is 2.52. The van der Waals surface area contributed by atoms with Crippen molar-refractivity contribution < 1.29 is 5.11 Å². The Bertz CT molecular complexity index is 503. The molecule has 0 heterocycles. The number of aromatic hydroxyl groups is 1. The van der Waals surface area contributed by atoms with Gasteiger partial charge in [-0.1, -0.05) is 48.6 Å². The second-order valence-corrected chi connectivity index (χ2v) is 3.36. The van der Waals surface area contributed by atoms with Crippen molar-refractivity contribution in [2.45, 2.75) is 0 Å². The third-order valence-electron chi connectivity index (χ3n) is 2.37. The van der Waals surface area contributed by atoms with Gasteiger partial charge in [-0.15, -0.1) is 0 Å². The van der Waals surface area contributed by atoms with Crippen molar-refractivity contribution >= 4 is 16.8 Å². The molecular weight excluding hydrogens is 186 g/mol. The first-order valence-electron chi connectivity index (χ1n) is 4.90. The van der Waals surface area contributed by atoms with Gasteiger partial charge in [0.25, 0.3) is 0 Å². The zero-order valence-electron chi connectivity index (χ0n) is 8.35. The molecule has 0 saturated heterocycles. The highest BCUT2D eigenvalue weighted by Crippen LogP contribution is 2.29. The van der Waals surface area contributed by atoms with E-state index in [1.807, 2.05) is 48.6 Å². The minimum absolute atomic E-state index is 0.317. The van der Waals surface area contributed by atoms with E-state index in [1.165, 1.54) is 0 Å². The summed E-state index contributed by atoms with van der Waals surface area (Å²) < 4.78 is 0. The van der Waals surface area contributed by atoms with Crippen LogP contribution >= 0.6 is 0 Å². The molecule has 0 radical (unpaired) electrons. The number of fused-ring (bicyclic) bond motifs is 1. The first-order valence-corrected chi connectivity index (χ1v) is 4.90. The SMILES string of the molecule is NCC=Cc1ccc2ccccc2c1O. The normalized spacial score (nSPS) is 11.3. The number of hydrogen-bond donors (Lipinski definition) is 2. The van der Waals surface area contributed by atoms with Crippen LogP contribution in [0.5, 0.6) is 5.75 Å². The van der Waals surface area contributed by atoms with Gasteiger partial charge in [-0.2, -0.15) is 0 Å². The van der Waals surface area contributed by atoms with Crippen molar-refractivity contribution in [1.29, 1.82) is 0 Å². The Morgan fingerprint density at radius 1 is 1.13 bits per heavy atom. The van der Waals surface area contributed by atoms with Crippen LogP contribution in [0.1, 0.15) is 5.56 Å². The molecule has 2 nitrogen and oxygen atoms in total. The Labute approximate surface area is 88.7 Å². The van der Waals surface area contributed by atoms with E-state index >= 15 is 0 Å².